The zero-order valence-electron chi connectivity index (χ0n) is 11.0. The van der Waals surface area contributed by atoms with Gasteiger partial charge < -0.3 is 4.74 Å². The van der Waals surface area contributed by atoms with Crippen molar-refractivity contribution in [1.82, 2.24) is 4.98 Å². The fraction of sp³-hybridized carbons (Fsp3) is 0.267. The van der Waals surface area contributed by atoms with Gasteiger partial charge in [-0.3, -0.25) is 0 Å². The van der Waals surface area contributed by atoms with Crippen LogP contribution in [0.3, 0.4) is 0 Å². The van der Waals surface area contributed by atoms with Gasteiger partial charge in [0, 0.05) is 23.7 Å². The summed E-state index contributed by atoms with van der Waals surface area (Å²) < 4.78 is 31.8. The monoisotopic (exact) mass is 297 g/mol. The number of aryl methyl sites for hydroxylation is 1. The lowest BCUT2D eigenvalue weighted by Crippen LogP contribution is -1.97. The number of ether oxygens (including phenoxy) is 1. The lowest BCUT2D eigenvalue weighted by molar-refractivity contribution is 0.421. The van der Waals surface area contributed by atoms with E-state index in [1.54, 1.807) is 6.07 Å². The van der Waals surface area contributed by atoms with Gasteiger partial charge in [0.25, 0.3) is 0 Å². The fourth-order valence-corrected chi connectivity index (χ4v) is 1.96. The highest BCUT2D eigenvalue weighted by atomic mass is 35.5. The van der Waals surface area contributed by atoms with E-state index in [0.29, 0.717) is 5.88 Å². The number of hydrogen-bond acceptors (Lipinski definition) is 2. The summed E-state index contributed by atoms with van der Waals surface area (Å²) >= 11 is 5.82. The zero-order chi connectivity index (χ0) is 14.5. The highest BCUT2D eigenvalue weighted by Gasteiger charge is 2.09. The summed E-state index contributed by atoms with van der Waals surface area (Å²) in [5.74, 6) is -0.893. The van der Waals surface area contributed by atoms with Crippen LogP contribution in [0.15, 0.2) is 30.3 Å². The highest BCUT2D eigenvalue weighted by molar-refractivity contribution is 6.17. The minimum Gasteiger partial charge on any atom is -0.436 e. The molecule has 0 spiro atoms. The quantitative estimate of drug-likeness (QED) is 0.736. The van der Waals surface area contributed by atoms with E-state index in [0.717, 1.165) is 36.2 Å². The van der Waals surface area contributed by atoms with Crippen molar-refractivity contribution in [3.8, 4) is 11.6 Å². The second-order valence-electron chi connectivity index (χ2n) is 4.37. The minimum absolute atomic E-state index is 0.0620. The van der Waals surface area contributed by atoms with Crippen molar-refractivity contribution in [3.63, 3.8) is 0 Å². The molecule has 0 aliphatic rings. The Morgan fingerprint density at radius 1 is 1.20 bits per heavy atom. The highest BCUT2D eigenvalue weighted by Crippen LogP contribution is 2.25. The van der Waals surface area contributed by atoms with Gasteiger partial charge in [0.05, 0.1) is 0 Å². The van der Waals surface area contributed by atoms with Gasteiger partial charge in [0.2, 0.25) is 5.88 Å². The van der Waals surface area contributed by atoms with Crippen LogP contribution in [0.4, 0.5) is 8.78 Å². The van der Waals surface area contributed by atoms with Crippen molar-refractivity contribution < 1.29 is 13.5 Å². The van der Waals surface area contributed by atoms with Crippen LogP contribution < -0.4 is 4.74 Å². The predicted octanol–water partition coefficient (Wildman–Crippen LogP) is 4.84. The molecule has 0 fully saturated rings. The van der Waals surface area contributed by atoms with Crippen LogP contribution in [0, 0.1) is 11.6 Å². The second kappa shape index (κ2) is 6.66. The van der Waals surface area contributed by atoms with E-state index >= 15 is 0 Å². The number of hydrogen-bond donors (Lipinski definition) is 0. The van der Waals surface area contributed by atoms with Crippen LogP contribution in [-0.4, -0.2) is 4.98 Å². The summed E-state index contributed by atoms with van der Waals surface area (Å²) in [6, 6.07) is 6.68. The lowest BCUT2D eigenvalue weighted by Gasteiger charge is -2.09. The van der Waals surface area contributed by atoms with Crippen LogP contribution in [0.25, 0.3) is 0 Å². The molecule has 0 bridgehead atoms. The Balaban J connectivity index is 2.29. The van der Waals surface area contributed by atoms with E-state index in [4.69, 9.17) is 16.3 Å². The molecule has 20 heavy (non-hydrogen) atoms. The summed E-state index contributed by atoms with van der Waals surface area (Å²) in [7, 11) is 0. The van der Waals surface area contributed by atoms with Gasteiger partial charge in [-0.1, -0.05) is 13.3 Å². The molecule has 1 aromatic carbocycles. The molecule has 1 heterocycles. The molecule has 2 aromatic rings. The number of halogens is 3. The van der Waals surface area contributed by atoms with Gasteiger partial charge in [-0.15, -0.1) is 11.6 Å². The number of benzene rings is 1. The van der Waals surface area contributed by atoms with Gasteiger partial charge in [0.15, 0.2) is 11.6 Å². The largest absolute Gasteiger partial charge is 0.436 e. The lowest BCUT2D eigenvalue weighted by atomic mass is 10.2. The summed E-state index contributed by atoms with van der Waals surface area (Å²) in [6.45, 7) is 2.04. The van der Waals surface area contributed by atoms with Crippen molar-refractivity contribution in [3.05, 3.63) is 53.2 Å². The Morgan fingerprint density at radius 3 is 2.65 bits per heavy atom. The standard InChI is InChI=1S/C15H14ClF2NO/c1-2-3-12-6-10(9-16)7-15(19-12)20-14-5-4-11(17)8-13(14)18/h4-8H,2-3,9H2,1H3. The van der Waals surface area contributed by atoms with E-state index in [2.05, 4.69) is 4.98 Å². The van der Waals surface area contributed by atoms with Crippen molar-refractivity contribution in [1.29, 1.82) is 0 Å². The molecule has 2 rings (SSSR count). The number of alkyl halides is 1. The third-order valence-corrected chi connectivity index (χ3v) is 2.99. The van der Waals surface area contributed by atoms with Gasteiger partial charge in [-0.25, -0.2) is 13.8 Å². The molecule has 5 heteroatoms. The van der Waals surface area contributed by atoms with E-state index < -0.39 is 11.6 Å². The molecule has 0 aliphatic carbocycles. The Bertz CT molecular complexity index is 604. The van der Waals surface area contributed by atoms with E-state index in [1.165, 1.54) is 6.07 Å². The Kier molecular flexibility index (Phi) is 4.90. The molecule has 0 N–H and O–H groups in total. The Hall–Kier alpha value is -1.68. The molecule has 106 valence electrons. The maximum absolute atomic E-state index is 13.5. The first-order valence-corrected chi connectivity index (χ1v) is 6.84. The zero-order valence-corrected chi connectivity index (χ0v) is 11.8. The van der Waals surface area contributed by atoms with Crippen molar-refractivity contribution in [2.24, 2.45) is 0 Å². The summed E-state index contributed by atoms with van der Waals surface area (Å²) in [4.78, 5) is 4.29. The molecule has 0 atom stereocenters. The molecule has 0 saturated carbocycles. The molecule has 0 saturated heterocycles. The number of pyridine rings is 1. The average molecular weight is 298 g/mol. The number of rotatable bonds is 5. The summed E-state index contributed by atoms with van der Waals surface area (Å²) in [5, 5.41) is 0. The van der Waals surface area contributed by atoms with Crippen molar-refractivity contribution in [2.75, 3.05) is 0 Å². The molecule has 0 amide bonds. The van der Waals surface area contributed by atoms with Crippen LogP contribution in [-0.2, 0) is 12.3 Å². The van der Waals surface area contributed by atoms with E-state index in [1.807, 2.05) is 13.0 Å². The molecule has 0 radical (unpaired) electrons. The van der Waals surface area contributed by atoms with Gasteiger partial charge in [0.1, 0.15) is 5.82 Å². The molecule has 2 nitrogen and oxygen atoms in total. The van der Waals surface area contributed by atoms with Crippen LogP contribution in [0.5, 0.6) is 11.6 Å². The Labute approximate surface area is 121 Å². The van der Waals surface area contributed by atoms with Crippen LogP contribution in [0.1, 0.15) is 24.6 Å². The second-order valence-corrected chi connectivity index (χ2v) is 4.63. The SMILES string of the molecule is CCCc1cc(CCl)cc(Oc2ccc(F)cc2F)n1. The summed E-state index contributed by atoms with van der Waals surface area (Å²) in [5.41, 5.74) is 1.69. The predicted molar refractivity (Wildman–Crippen MR) is 74.2 cm³/mol. The van der Waals surface area contributed by atoms with Gasteiger partial charge in [-0.05, 0) is 30.2 Å². The summed E-state index contributed by atoms with van der Waals surface area (Å²) in [6.07, 6.45) is 1.72. The first kappa shape index (κ1) is 14.7. The molecular weight excluding hydrogens is 284 g/mol. The van der Waals surface area contributed by atoms with E-state index in [9.17, 15) is 8.78 Å². The first-order chi connectivity index (χ1) is 9.62. The maximum atomic E-state index is 13.5. The first-order valence-electron chi connectivity index (χ1n) is 6.31. The third kappa shape index (κ3) is 3.67. The maximum Gasteiger partial charge on any atom is 0.219 e. The smallest absolute Gasteiger partial charge is 0.219 e. The van der Waals surface area contributed by atoms with Crippen molar-refractivity contribution in [2.45, 2.75) is 25.6 Å². The molecule has 1 aromatic heterocycles. The van der Waals surface area contributed by atoms with E-state index in [-0.39, 0.29) is 11.6 Å². The minimum atomic E-state index is -0.764. The topological polar surface area (TPSA) is 22.1 Å². The average Bonchev–Trinajstić information content (AvgIpc) is 2.42. The van der Waals surface area contributed by atoms with Gasteiger partial charge >= 0.3 is 0 Å². The molecule has 0 unspecified atom stereocenters. The van der Waals surface area contributed by atoms with Crippen LogP contribution in [0.2, 0.25) is 0 Å². The third-order valence-electron chi connectivity index (χ3n) is 2.68. The normalized spacial score (nSPS) is 10.6. The van der Waals surface area contributed by atoms with Gasteiger partial charge in [-0.2, -0.15) is 0 Å². The Morgan fingerprint density at radius 2 is 2.00 bits per heavy atom. The number of aromatic nitrogens is 1. The van der Waals surface area contributed by atoms with Crippen LogP contribution >= 0.6 is 11.6 Å². The molecule has 0 aliphatic heterocycles. The van der Waals surface area contributed by atoms with Crippen molar-refractivity contribution >= 4 is 11.6 Å². The number of nitrogens with zero attached hydrogens (tertiary/aromatic N) is 1. The fourth-order valence-electron chi connectivity index (χ4n) is 1.80. The molecular formula is C15H14ClF2NO.